The van der Waals surface area contributed by atoms with E-state index in [4.69, 9.17) is 4.74 Å². The van der Waals surface area contributed by atoms with Gasteiger partial charge in [0, 0.05) is 29.8 Å². The molecule has 1 atom stereocenters. The van der Waals surface area contributed by atoms with Crippen molar-refractivity contribution in [2.45, 2.75) is 30.7 Å². The highest BCUT2D eigenvalue weighted by atomic mass is 32.2. The molecule has 3 heterocycles. The summed E-state index contributed by atoms with van der Waals surface area (Å²) in [6.07, 6.45) is 5.02. The fourth-order valence-electron chi connectivity index (χ4n) is 4.39. The smallest absolute Gasteiger partial charge is 0.261 e. The first-order valence-corrected chi connectivity index (χ1v) is 12.9. The SMILES string of the molecule is Cc1ccc(NS(=O)(=O)c2ccc(C(=O)Nc3ccnn3C3CCCOC3)cc2)c2[nH]cc(C#N)c12. The maximum Gasteiger partial charge on any atom is 0.261 e. The molecule has 0 bridgehead atoms. The van der Waals surface area contributed by atoms with Gasteiger partial charge in [-0.05, 0) is 55.7 Å². The lowest BCUT2D eigenvalue weighted by atomic mass is 10.1. The summed E-state index contributed by atoms with van der Waals surface area (Å²) in [5.41, 5.74) is 2.47. The number of anilines is 2. The molecule has 0 saturated carbocycles. The molecule has 184 valence electrons. The predicted octanol–water partition coefficient (Wildman–Crippen LogP) is 3.95. The van der Waals surface area contributed by atoms with Crippen LogP contribution in [0.1, 0.15) is 40.4 Å². The Morgan fingerprint density at radius 1 is 1.22 bits per heavy atom. The van der Waals surface area contributed by atoms with Crippen molar-refractivity contribution in [2.75, 3.05) is 23.3 Å². The molecule has 0 aliphatic carbocycles. The molecule has 2 aromatic carbocycles. The molecule has 5 rings (SSSR count). The van der Waals surface area contributed by atoms with E-state index in [9.17, 15) is 18.5 Å². The summed E-state index contributed by atoms with van der Waals surface area (Å²) in [7, 11) is -3.94. The number of hydrogen-bond donors (Lipinski definition) is 3. The number of nitrogens with one attached hydrogen (secondary N) is 3. The molecule has 1 fully saturated rings. The van der Waals surface area contributed by atoms with E-state index in [1.165, 1.54) is 24.3 Å². The highest BCUT2D eigenvalue weighted by molar-refractivity contribution is 7.92. The fourth-order valence-corrected chi connectivity index (χ4v) is 5.46. The number of aromatic nitrogens is 3. The number of ether oxygens (including phenoxy) is 1. The van der Waals surface area contributed by atoms with E-state index >= 15 is 0 Å². The fraction of sp³-hybridized carbons (Fsp3) is 0.240. The first-order valence-electron chi connectivity index (χ1n) is 11.4. The number of rotatable bonds is 6. The number of aryl methyl sites for hydroxylation is 1. The molecular weight excluding hydrogens is 480 g/mol. The molecule has 1 amide bonds. The third kappa shape index (κ3) is 4.44. The van der Waals surface area contributed by atoms with Crippen LogP contribution in [0.15, 0.2) is 59.8 Å². The van der Waals surface area contributed by atoms with Gasteiger partial charge >= 0.3 is 0 Å². The number of hydrogen-bond acceptors (Lipinski definition) is 6. The van der Waals surface area contributed by atoms with Gasteiger partial charge in [0.15, 0.2) is 0 Å². The molecule has 1 aliphatic heterocycles. The van der Waals surface area contributed by atoms with Crippen molar-refractivity contribution in [3.05, 3.63) is 71.5 Å². The maximum absolute atomic E-state index is 13.0. The van der Waals surface area contributed by atoms with Crippen LogP contribution in [0.25, 0.3) is 10.9 Å². The van der Waals surface area contributed by atoms with Gasteiger partial charge in [0.1, 0.15) is 11.9 Å². The second-order valence-corrected chi connectivity index (χ2v) is 10.3. The number of nitrogens with zero attached hydrogens (tertiary/aromatic N) is 3. The van der Waals surface area contributed by atoms with Crippen molar-refractivity contribution in [1.82, 2.24) is 14.8 Å². The molecular formula is C25H24N6O4S. The lowest BCUT2D eigenvalue weighted by molar-refractivity contribution is 0.0556. The number of amides is 1. The topological polar surface area (TPSA) is 142 Å². The number of nitriles is 1. The molecule has 36 heavy (non-hydrogen) atoms. The van der Waals surface area contributed by atoms with Crippen LogP contribution in [0.3, 0.4) is 0 Å². The van der Waals surface area contributed by atoms with Crippen LogP contribution in [-0.4, -0.2) is 42.3 Å². The summed E-state index contributed by atoms with van der Waals surface area (Å²) in [4.78, 5) is 15.8. The van der Waals surface area contributed by atoms with Gasteiger partial charge in [-0.2, -0.15) is 10.4 Å². The van der Waals surface area contributed by atoms with Gasteiger partial charge in [-0.15, -0.1) is 0 Å². The number of carbonyl (C=O) groups is 1. The Kier molecular flexibility index (Phi) is 6.22. The first-order chi connectivity index (χ1) is 17.4. The number of carbonyl (C=O) groups excluding carboxylic acids is 1. The highest BCUT2D eigenvalue weighted by Gasteiger charge is 2.21. The minimum absolute atomic E-state index is 0.00392. The van der Waals surface area contributed by atoms with Gasteiger partial charge in [-0.25, -0.2) is 13.1 Å². The van der Waals surface area contributed by atoms with Crippen molar-refractivity contribution in [1.29, 1.82) is 5.26 Å². The molecule has 1 saturated heterocycles. The van der Waals surface area contributed by atoms with Gasteiger partial charge in [-0.1, -0.05) is 6.07 Å². The van der Waals surface area contributed by atoms with Gasteiger partial charge < -0.3 is 15.0 Å². The van der Waals surface area contributed by atoms with Crippen molar-refractivity contribution in [3.8, 4) is 6.07 Å². The van der Waals surface area contributed by atoms with E-state index in [1.54, 1.807) is 35.3 Å². The summed E-state index contributed by atoms with van der Waals surface area (Å²) < 4.78 is 36.0. The first kappa shape index (κ1) is 23.6. The average molecular weight is 505 g/mol. The zero-order valence-electron chi connectivity index (χ0n) is 19.5. The average Bonchev–Trinajstić information content (AvgIpc) is 3.54. The monoisotopic (exact) mass is 504 g/mol. The standard InChI is InChI=1S/C25H24N6O4S/c1-16-4-9-21(24-23(16)18(13-26)14-27-24)30-36(33,34)20-7-5-17(6-8-20)25(32)29-22-10-11-28-31(22)19-3-2-12-35-15-19/h4-11,14,19,27,30H,2-3,12,15H2,1H3,(H,29,32). The Bertz CT molecular complexity index is 1580. The van der Waals surface area contributed by atoms with Crippen molar-refractivity contribution < 1.29 is 17.9 Å². The second-order valence-electron chi connectivity index (χ2n) is 8.61. The third-order valence-corrected chi connectivity index (χ3v) is 7.61. The van der Waals surface area contributed by atoms with Gasteiger partial charge in [0.2, 0.25) is 0 Å². The lowest BCUT2D eigenvalue weighted by Gasteiger charge is -2.24. The van der Waals surface area contributed by atoms with Gasteiger partial charge in [0.05, 0.1) is 40.5 Å². The van der Waals surface area contributed by atoms with Crippen LogP contribution < -0.4 is 10.0 Å². The summed E-state index contributed by atoms with van der Waals surface area (Å²) in [6.45, 7) is 3.12. The number of aromatic amines is 1. The Balaban J connectivity index is 1.33. The molecule has 1 aliphatic rings. The third-order valence-electron chi connectivity index (χ3n) is 6.23. The summed E-state index contributed by atoms with van der Waals surface area (Å²) >= 11 is 0. The molecule has 0 radical (unpaired) electrons. The summed E-state index contributed by atoms with van der Waals surface area (Å²) in [6, 6.07) is 13.0. The predicted molar refractivity (Wildman–Crippen MR) is 134 cm³/mol. The second kappa shape index (κ2) is 9.49. The molecule has 1 unspecified atom stereocenters. The van der Waals surface area contributed by atoms with Crippen LogP contribution >= 0.6 is 0 Å². The molecule has 0 spiro atoms. The van der Waals surface area contributed by atoms with Crippen LogP contribution in [0.5, 0.6) is 0 Å². The van der Waals surface area contributed by atoms with Crippen molar-refractivity contribution in [2.24, 2.45) is 0 Å². The van der Waals surface area contributed by atoms with Crippen LogP contribution in [-0.2, 0) is 14.8 Å². The van der Waals surface area contributed by atoms with Crippen LogP contribution in [0.4, 0.5) is 11.5 Å². The maximum atomic E-state index is 13.0. The van der Waals surface area contributed by atoms with E-state index in [0.29, 0.717) is 40.1 Å². The molecule has 4 aromatic rings. The van der Waals surface area contributed by atoms with E-state index in [2.05, 4.69) is 26.2 Å². The number of sulfonamides is 1. The molecule has 3 N–H and O–H groups in total. The largest absolute Gasteiger partial charge is 0.379 e. The van der Waals surface area contributed by atoms with E-state index in [0.717, 1.165) is 25.0 Å². The lowest BCUT2D eigenvalue weighted by Crippen LogP contribution is -2.25. The molecule has 11 heteroatoms. The van der Waals surface area contributed by atoms with E-state index in [-0.39, 0.29) is 16.8 Å². The highest BCUT2D eigenvalue weighted by Crippen LogP contribution is 2.30. The molecule has 2 aromatic heterocycles. The van der Waals surface area contributed by atoms with Crippen LogP contribution in [0, 0.1) is 18.3 Å². The Morgan fingerprint density at radius 3 is 2.75 bits per heavy atom. The van der Waals surface area contributed by atoms with E-state index < -0.39 is 10.0 Å². The zero-order valence-corrected chi connectivity index (χ0v) is 20.3. The molecule has 10 nitrogen and oxygen atoms in total. The Labute approximate surface area is 207 Å². The number of fused-ring (bicyclic) bond motifs is 1. The van der Waals surface area contributed by atoms with Crippen molar-refractivity contribution in [3.63, 3.8) is 0 Å². The quantitative estimate of drug-likeness (QED) is 0.363. The van der Waals surface area contributed by atoms with E-state index in [1.807, 2.05) is 6.92 Å². The Hall–Kier alpha value is -4.14. The number of H-pyrrole nitrogens is 1. The summed E-state index contributed by atoms with van der Waals surface area (Å²) in [5, 5.41) is 17.2. The normalized spacial score (nSPS) is 15.9. The zero-order chi connectivity index (χ0) is 25.3. The van der Waals surface area contributed by atoms with Gasteiger partial charge in [-0.3, -0.25) is 9.52 Å². The Morgan fingerprint density at radius 2 is 2.03 bits per heavy atom. The minimum atomic E-state index is -3.94. The number of benzene rings is 2. The van der Waals surface area contributed by atoms with Crippen molar-refractivity contribution >= 4 is 38.3 Å². The van der Waals surface area contributed by atoms with Crippen LogP contribution in [0.2, 0.25) is 0 Å². The minimum Gasteiger partial charge on any atom is -0.379 e. The summed E-state index contributed by atoms with van der Waals surface area (Å²) in [5.74, 6) is 0.181. The van der Waals surface area contributed by atoms with Gasteiger partial charge in [0.25, 0.3) is 15.9 Å².